The largest absolute Gasteiger partial charge is 0.334 e. The van der Waals surface area contributed by atoms with Crippen LogP contribution in [-0.4, -0.2) is 10.1 Å². The molecular formula is C11H9Cl2FN2O. The number of hydrogen-bond acceptors (Lipinski definition) is 3. The molecule has 0 saturated carbocycles. The third kappa shape index (κ3) is 2.42. The molecule has 1 unspecified atom stereocenters. The highest BCUT2D eigenvalue weighted by molar-refractivity contribution is 6.33. The molecule has 1 heterocycles. The summed E-state index contributed by atoms with van der Waals surface area (Å²) in [5.41, 5.74) is 0.366. The molecule has 0 bridgehead atoms. The number of nitrogens with zero attached hydrogens (tertiary/aromatic N) is 2. The van der Waals surface area contributed by atoms with Gasteiger partial charge in [0, 0.05) is 0 Å². The van der Waals surface area contributed by atoms with Crippen LogP contribution in [0.1, 0.15) is 24.5 Å². The average molecular weight is 275 g/mol. The Morgan fingerprint density at radius 2 is 2.24 bits per heavy atom. The molecule has 1 atom stereocenters. The van der Waals surface area contributed by atoms with E-state index in [1.165, 1.54) is 12.1 Å². The fourth-order valence-corrected chi connectivity index (χ4v) is 1.62. The Hall–Kier alpha value is -1.13. The summed E-state index contributed by atoms with van der Waals surface area (Å²) in [7, 11) is 0. The van der Waals surface area contributed by atoms with Gasteiger partial charge in [-0.15, -0.1) is 11.6 Å². The van der Waals surface area contributed by atoms with E-state index in [1.54, 1.807) is 6.07 Å². The van der Waals surface area contributed by atoms with E-state index in [0.29, 0.717) is 17.8 Å². The summed E-state index contributed by atoms with van der Waals surface area (Å²) < 4.78 is 18.3. The second-order valence-corrected chi connectivity index (χ2v) is 4.34. The third-order valence-corrected chi connectivity index (χ3v) is 3.15. The summed E-state index contributed by atoms with van der Waals surface area (Å²) in [5.74, 6) is 0.0231. The lowest BCUT2D eigenvalue weighted by molar-refractivity contribution is 0.421. The minimum absolute atomic E-state index is 0.0367. The van der Waals surface area contributed by atoms with Gasteiger partial charge in [-0.2, -0.15) is 4.98 Å². The van der Waals surface area contributed by atoms with Crippen molar-refractivity contribution >= 4 is 23.2 Å². The van der Waals surface area contributed by atoms with Gasteiger partial charge in [-0.25, -0.2) is 4.39 Å². The zero-order chi connectivity index (χ0) is 12.4. The van der Waals surface area contributed by atoms with Crippen LogP contribution in [0.25, 0.3) is 11.5 Å². The van der Waals surface area contributed by atoms with Crippen molar-refractivity contribution < 1.29 is 8.91 Å². The summed E-state index contributed by atoms with van der Waals surface area (Å²) in [4.78, 5) is 4.09. The molecular weight excluding hydrogens is 266 g/mol. The standard InChI is InChI=1S/C11H9Cl2FN2O/c1-2-7(12)10-15-11(17-16-10)6-4-3-5-8(14)9(6)13/h3-5,7H,2H2,1H3. The first kappa shape index (κ1) is 12.3. The molecule has 1 aromatic heterocycles. The van der Waals surface area contributed by atoms with Gasteiger partial charge < -0.3 is 4.52 Å². The van der Waals surface area contributed by atoms with Crippen molar-refractivity contribution in [2.24, 2.45) is 0 Å². The predicted octanol–water partition coefficient (Wildman–Crippen LogP) is 4.22. The summed E-state index contributed by atoms with van der Waals surface area (Å²) in [5, 5.41) is 3.38. The Balaban J connectivity index is 2.40. The van der Waals surface area contributed by atoms with Gasteiger partial charge in [-0.3, -0.25) is 0 Å². The fraction of sp³-hybridized carbons (Fsp3) is 0.273. The van der Waals surface area contributed by atoms with Gasteiger partial charge >= 0.3 is 0 Å². The maximum atomic E-state index is 13.2. The van der Waals surface area contributed by atoms with E-state index >= 15 is 0 Å². The zero-order valence-corrected chi connectivity index (χ0v) is 10.5. The summed E-state index contributed by atoms with van der Waals surface area (Å²) in [6.45, 7) is 1.91. The maximum Gasteiger partial charge on any atom is 0.259 e. The van der Waals surface area contributed by atoms with Crippen molar-refractivity contribution in [2.45, 2.75) is 18.7 Å². The Morgan fingerprint density at radius 1 is 1.47 bits per heavy atom. The third-order valence-electron chi connectivity index (χ3n) is 2.26. The average Bonchev–Trinajstić information content (AvgIpc) is 2.81. The van der Waals surface area contributed by atoms with Crippen LogP contribution in [0, 0.1) is 5.82 Å². The van der Waals surface area contributed by atoms with Crippen LogP contribution >= 0.6 is 23.2 Å². The SMILES string of the molecule is CCC(Cl)c1noc(-c2cccc(F)c2Cl)n1. The molecule has 0 aliphatic rings. The molecule has 17 heavy (non-hydrogen) atoms. The van der Waals surface area contributed by atoms with Gasteiger partial charge in [0.2, 0.25) is 0 Å². The van der Waals surface area contributed by atoms with E-state index in [4.69, 9.17) is 27.7 Å². The summed E-state index contributed by atoms with van der Waals surface area (Å²) >= 11 is 11.8. The minimum Gasteiger partial charge on any atom is -0.334 e. The lowest BCUT2D eigenvalue weighted by Gasteiger charge is -1.99. The van der Waals surface area contributed by atoms with Gasteiger partial charge in [0.1, 0.15) is 5.82 Å². The molecule has 0 N–H and O–H groups in total. The van der Waals surface area contributed by atoms with Crippen molar-refractivity contribution in [1.29, 1.82) is 0 Å². The number of hydrogen-bond donors (Lipinski definition) is 0. The first-order valence-electron chi connectivity index (χ1n) is 5.05. The van der Waals surface area contributed by atoms with Crippen molar-refractivity contribution in [3.63, 3.8) is 0 Å². The summed E-state index contributed by atoms with van der Waals surface area (Å²) in [6.07, 6.45) is 0.678. The van der Waals surface area contributed by atoms with Crippen LogP contribution in [0.3, 0.4) is 0 Å². The first-order chi connectivity index (χ1) is 8.13. The van der Waals surface area contributed by atoms with Crippen LogP contribution in [0.5, 0.6) is 0 Å². The molecule has 2 rings (SSSR count). The van der Waals surface area contributed by atoms with Crippen molar-refractivity contribution in [1.82, 2.24) is 10.1 Å². The lowest BCUT2D eigenvalue weighted by atomic mass is 10.2. The lowest BCUT2D eigenvalue weighted by Crippen LogP contribution is -1.91. The van der Waals surface area contributed by atoms with Gasteiger partial charge in [0.15, 0.2) is 5.82 Å². The molecule has 0 spiro atoms. The smallest absolute Gasteiger partial charge is 0.259 e. The molecule has 0 amide bonds. The Labute approximate surface area is 108 Å². The van der Waals surface area contributed by atoms with Crippen molar-refractivity contribution in [3.8, 4) is 11.5 Å². The maximum absolute atomic E-state index is 13.2. The normalized spacial score (nSPS) is 12.7. The second-order valence-electron chi connectivity index (χ2n) is 3.43. The van der Waals surface area contributed by atoms with Crippen LogP contribution in [0.15, 0.2) is 22.7 Å². The zero-order valence-electron chi connectivity index (χ0n) is 8.95. The van der Waals surface area contributed by atoms with Crippen molar-refractivity contribution in [2.75, 3.05) is 0 Å². The number of aromatic nitrogens is 2. The monoisotopic (exact) mass is 274 g/mol. The van der Waals surface area contributed by atoms with Crippen LogP contribution in [0.4, 0.5) is 4.39 Å². The van der Waals surface area contributed by atoms with Gasteiger partial charge in [0.05, 0.1) is 16.0 Å². The predicted molar refractivity (Wildman–Crippen MR) is 63.6 cm³/mol. The number of rotatable bonds is 3. The van der Waals surface area contributed by atoms with E-state index in [1.807, 2.05) is 6.92 Å². The van der Waals surface area contributed by atoms with E-state index in [9.17, 15) is 4.39 Å². The van der Waals surface area contributed by atoms with E-state index in [-0.39, 0.29) is 16.3 Å². The van der Waals surface area contributed by atoms with Gasteiger partial charge in [-0.05, 0) is 18.6 Å². The second kappa shape index (κ2) is 5.02. The van der Waals surface area contributed by atoms with Gasteiger partial charge in [0.25, 0.3) is 5.89 Å². The Bertz CT molecular complexity index is 530. The van der Waals surface area contributed by atoms with Crippen molar-refractivity contribution in [3.05, 3.63) is 34.9 Å². The Kier molecular flexibility index (Phi) is 3.64. The van der Waals surface area contributed by atoms with E-state index in [2.05, 4.69) is 10.1 Å². The van der Waals surface area contributed by atoms with Gasteiger partial charge in [-0.1, -0.05) is 29.7 Å². The molecule has 0 saturated heterocycles. The summed E-state index contributed by atoms with van der Waals surface area (Å²) in [6, 6.07) is 4.40. The molecule has 3 nitrogen and oxygen atoms in total. The topological polar surface area (TPSA) is 38.9 Å². The quantitative estimate of drug-likeness (QED) is 0.787. The van der Waals surface area contributed by atoms with Crippen LogP contribution in [-0.2, 0) is 0 Å². The molecule has 0 fully saturated rings. The molecule has 2 aromatic rings. The molecule has 0 aliphatic carbocycles. The van der Waals surface area contributed by atoms with Crippen LogP contribution < -0.4 is 0 Å². The highest BCUT2D eigenvalue weighted by Crippen LogP contribution is 2.30. The molecule has 1 aromatic carbocycles. The van der Waals surface area contributed by atoms with Crippen LogP contribution in [0.2, 0.25) is 5.02 Å². The van der Waals surface area contributed by atoms with E-state index in [0.717, 1.165) is 0 Å². The van der Waals surface area contributed by atoms with E-state index < -0.39 is 5.82 Å². The number of benzene rings is 1. The molecule has 6 heteroatoms. The number of alkyl halides is 1. The molecule has 0 radical (unpaired) electrons. The highest BCUT2D eigenvalue weighted by Gasteiger charge is 2.17. The number of halogens is 3. The highest BCUT2D eigenvalue weighted by atomic mass is 35.5. The first-order valence-corrected chi connectivity index (χ1v) is 5.87. The molecule has 90 valence electrons. The fourth-order valence-electron chi connectivity index (χ4n) is 1.32. The Morgan fingerprint density at radius 3 is 2.94 bits per heavy atom. The molecule has 0 aliphatic heterocycles. The minimum atomic E-state index is -0.526.